The molecule has 43 heavy (non-hydrogen) atoms. The minimum absolute atomic E-state index is 0.0143. The van der Waals surface area contributed by atoms with E-state index in [0.717, 1.165) is 66.0 Å². The number of carbonyl (C=O) groups excluding carboxylic acids is 2. The predicted molar refractivity (Wildman–Crippen MR) is 171 cm³/mol. The first-order valence-electron chi connectivity index (χ1n) is 14.7. The Kier molecular flexibility index (Phi) is 8.55. The molecule has 0 saturated carbocycles. The van der Waals surface area contributed by atoms with Crippen LogP contribution in [0.15, 0.2) is 65.6 Å². The molecule has 10 nitrogen and oxygen atoms in total. The Hall–Kier alpha value is -4.44. The molecule has 4 N–H and O–H groups in total. The second-order valence-electron chi connectivity index (χ2n) is 11.4. The van der Waals surface area contributed by atoms with Gasteiger partial charge in [-0.15, -0.1) is 0 Å². The second kappa shape index (κ2) is 12.8. The van der Waals surface area contributed by atoms with Crippen molar-refractivity contribution in [2.75, 3.05) is 34.4 Å². The zero-order valence-electron chi connectivity index (χ0n) is 24.1. The smallest absolute Gasteiger partial charge is 0.321 e. The highest BCUT2D eigenvalue weighted by atomic mass is 35.5. The summed E-state index contributed by atoms with van der Waals surface area (Å²) in [5.74, 6) is 1.40. The molecule has 3 aromatic rings. The van der Waals surface area contributed by atoms with Crippen molar-refractivity contribution in [3.05, 3.63) is 76.7 Å². The third-order valence-electron chi connectivity index (χ3n) is 8.13. The topological polar surface area (TPSA) is 124 Å². The summed E-state index contributed by atoms with van der Waals surface area (Å²) >= 11 is 6.40. The molecule has 2 aromatic carbocycles. The van der Waals surface area contributed by atoms with Crippen LogP contribution in [0.3, 0.4) is 0 Å². The lowest BCUT2D eigenvalue weighted by Crippen LogP contribution is -2.41. The van der Waals surface area contributed by atoms with Crippen LogP contribution in [0.1, 0.15) is 43.2 Å². The number of nitrogens with one attached hydrogen (secondary N) is 4. The molecule has 1 aromatic heterocycles. The maximum Gasteiger partial charge on any atom is 0.321 e. The SMILES string of the molecule is Cc1ccc(NC(=O)N2CCC(CC(=O)Nc3ccc4cc3CCC3C=NC=C(C3)Nc3ncc(Cl)c(n3)N4)CC2)cc1. The van der Waals surface area contributed by atoms with Gasteiger partial charge in [-0.1, -0.05) is 29.3 Å². The van der Waals surface area contributed by atoms with Crippen LogP contribution in [-0.2, 0) is 11.2 Å². The van der Waals surface area contributed by atoms with E-state index in [1.807, 2.05) is 60.5 Å². The van der Waals surface area contributed by atoms with Crippen LogP contribution in [0.5, 0.6) is 0 Å². The highest BCUT2D eigenvalue weighted by Gasteiger charge is 2.25. The summed E-state index contributed by atoms with van der Waals surface area (Å²) in [4.78, 5) is 41.0. The molecule has 1 atom stereocenters. The number of fused-ring (bicyclic) bond motifs is 6. The van der Waals surface area contributed by atoms with Gasteiger partial charge in [0.15, 0.2) is 5.82 Å². The van der Waals surface area contributed by atoms with E-state index in [1.165, 1.54) is 0 Å². The van der Waals surface area contributed by atoms with E-state index in [0.29, 0.717) is 36.3 Å². The lowest BCUT2D eigenvalue weighted by Gasteiger charge is -2.31. The standard InChI is InChI=1S/C32H35ClN8O2/c1-20-2-6-24(7-3-20)38-32(43)41-12-10-21(11-13-41)15-29(42)39-28-9-8-25-16-23(28)5-4-22-14-26(18-34-17-22)37-31-35-19-27(33)30(36-25)40-31/h2-3,6-9,16-19,21-22H,4-5,10-15H2,1H3,(H,38,43)(H,39,42)(H2,35,36,37,40). The second-order valence-corrected chi connectivity index (χ2v) is 11.9. The number of hydrogen-bond donors (Lipinski definition) is 4. The minimum Gasteiger partial charge on any atom is -0.339 e. The molecule has 1 saturated heterocycles. The van der Waals surface area contributed by atoms with E-state index < -0.39 is 0 Å². The van der Waals surface area contributed by atoms with Gasteiger partial charge in [-0.3, -0.25) is 9.79 Å². The zero-order valence-corrected chi connectivity index (χ0v) is 24.8. The summed E-state index contributed by atoms with van der Waals surface area (Å²) in [6.45, 7) is 3.27. The molecule has 3 amide bonds. The van der Waals surface area contributed by atoms with E-state index in [4.69, 9.17) is 11.6 Å². The van der Waals surface area contributed by atoms with Crippen molar-refractivity contribution in [1.29, 1.82) is 0 Å². The van der Waals surface area contributed by atoms with Crippen molar-refractivity contribution < 1.29 is 9.59 Å². The molecule has 6 bridgehead atoms. The average Bonchev–Trinajstić information content (AvgIpc) is 3.00. The number of aromatic nitrogens is 2. The van der Waals surface area contributed by atoms with Crippen molar-refractivity contribution in [3.63, 3.8) is 0 Å². The monoisotopic (exact) mass is 598 g/mol. The lowest BCUT2D eigenvalue weighted by atomic mass is 9.92. The van der Waals surface area contributed by atoms with E-state index in [-0.39, 0.29) is 23.8 Å². The van der Waals surface area contributed by atoms with E-state index in [2.05, 4.69) is 36.2 Å². The van der Waals surface area contributed by atoms with Gasteiger partial charge in [0, 0.05) is 60.6 Å². The van der Waals surface area contributed by atoms with Crippen LogP contribution in [0.4, 0.5) is 33.6 Å². The first-order valence-corrected chi connectivity index (χ1v) is 15.1. The number of carbonyl (C=O) groups is 2. The number of likely N-dealkylation sites (tertiary alicyclic amines) is 1. The number of allylic oxidation sites excluding steroid dienone is 1. The van der Waals surface area contributed by atoms with E-state index in [9.17, 15) is 9.59 Å². The molecule has 0 spiro atoms. The van der Waals surface area contributed by atoms with Gasteiger partial charge in [0.25, 0.3) is 0 Å². The molecule has 6 rings (SSSR count). The summed E-state index contributed by atoms with van der Waals surface area (Å²) in [7, 11) is 0. The third kappa shape index (κ3) is 7.32. The van der Waals surface area contributed by atoms with Crippen molar-refractivity contribution in [3.8, 4) is 0 Å². The largest absolute Gasteiger partial charge is 0.339 e. The van der Waals surface area contributed by atoms with Gasteiger partial charge in [0.05, 0.1) is 6.20 Å². The fraction of sp³-hybridized carbons (Fsp3) is 0.344. The summed E-state index contributed by atoms with van der Waals surface area (Å²) in [5, 5.41) is 13.1. The van der Waals surface area contributed by atoms with Crippen LogP contribution in [0.2, 0.25) is 5.02 Å². The number of amides is 3. The zero-order chi connectivity index (χ0) is 29.8. The van der Waals surface area contributed by atoms with Crippen LogP contribution in [0.25, 0.3) is 0 Å². The molecule has 3 aliphatic heterocycles. The Balaban J connectivity index is 1.09. The summed E-state index contributed by atoms with van der Waals surface area (Å²) in [6, 6.07) is 13.6. The molecule has 0 aliphatic carbocycles. The number of benzene rings is 2. The minimum atomic E-state index is -0.0960. The summed E-state index contributed by atoms with van der Waals surface area (Å²) in [5.41, 5.74) is 5.54. The first-order chi connectivity index (χ1) is 20.9. The molecule has 0 radical (unpaired) electrons. The van der Waals surface area contributed by atoms with Crippen LogP contribution in [-0.4, -0.2) is 46.1 Å². The van der Waals surface area contributed by atoms with Gasteiger partial charge in [-0.05, 0) is 80.8 Å². The highest BCUT2D eigenvalue weighted by Crippen LogP contribution is 2.31. The van der Waals surface area contributed by atoms with Gasteiger partial charge >= 0.3 is 6.03 Å². The summed E-state index contributed by atoms with van der Waals surface area (Å²) in [6.07, 6.45) is 9.77. The Morgan fingerprint density at radius 1 is 1.05 bits per heavy atom. The summed E-state index contributed by atoms with van der Waals surface area (Å²) < 4.78 is 0. The lowest BCUT2D eigenvalue weighted by molar-refractivity contribution is -0.117. The number of anilines is 5. The maximum absolute atomic E-state index is 13.2. The number of hydrogen-bond acceptors (Lipinski definition) is 7. The average molecular weight is 599 g/mol. The van der Waals surface area contributed by atoms with E-state index in [1.54, 1.807) is 12.4 Å². The molecular weight excluding hydrogens is 564 g/mol. The normalized spacial score (nSPS) is 18.1. The van der Waals surface area contributed by atoms with Gasteiger partial charge in [0.2, 0.25) is 11.9 Å². The van der Waals surface area contributed by atoms with Crippen molar-refractivity contribution in [2.45, 2.75) is 45.4 Å². The number of rotatable bonds is 4. The predicted octanol–water partition coefficient (Wildman–Crippen LogP) is 6.74. The molecule has 11 heteroatoms. The Bertz CT molecular complexity index is 1560. The number of halogens is 1. The van der Waals surface area contributed by atoms with Gasteiger partial charge in [-0.25, -0.2) is 9.78 Å². The van der Waals surface area contributed by atoms with E-state index >= 15 is 0 Å². The molecule has 1 fully saturated rings. The maximum atomic E-state index is 13.2. The van der Waals surface area contributed by atoms with Crippen molar-refractivity contribution in [2.24, 2.45) is 16.8 Å². The first kappa shape index (κ1) is 28.7. The number of piperidine rings is 1. The molecular formula is C32H35ClN8O2. The molecule has 4 heterocycles. The van der Waals surface area contributed by atoms with Gasteiger partial charge in [-0.2, -0.15) is 4.98 Å². The number of aliphatic imine (C=N–C) groups is 1. The Morgan fingerprint density at radius 2 is 1.86 bits per heavy atom. The molecule has 1 unspecified atom stereocenters. The number of aryl methyl sites for hydroxylation is 2. The van der Waals surface area contributed by atoms with Crippen molar-refractivity contribution in [1.82, 2.24) is 14.9 Å². The fourth-order valence-corrected chi connectivity index (χ4v) is 5.82. The fourth-order valence-electron chi connectivity index (χ4n) is 5.68. The third-order valence-corrected chi connectivity index (χ3v) is 8.41. The molecule has 3 aliphatic rings. The van der Waals surface area contributed by atoms with Crippen LogP contribution in [0, 0.1) is 18.8 Å². The Labute approximate surface area is 256 Å². The number of urea groups is 1. The highest BCUT2D eigenvalue weighted by molar-refractivity contribution is 6.32. The quantitative estimate of drug-likeness (QED) is 0.263. The van der Waals surface area contributed by atoms with Crippen molar-refractivity contribution >= 4 is 58.6 Å². The van der Waals surface area contributed by atoms with Gasteiger partial charge in [0.1, 0.15) is 5.02 Å². The Morgan fingerprint density at radius 3 is 2.67 bits per heavy atom. The number of nitrogens with zero attached hydrogens (tertiary/aromatic N) is 4. The van der Waals surface area contributed by atoms with Crippen LogP contribution < -0.4 is 21.3 Å². The van der Waals surface area contributed by atoms with Crippen LogP contribution >= 0.6 is 11.6 Å². The molecule has 222 valence electrons. The van der Waals surface area contributed by atoms with Gasteiger partial charge < -0.3 is 26.2 Å².